The summed E-state index contributed by atoms with van der Waals surface area (Å²) in [6, 6.07) is 5.81. The maximum atomic E-state index is 12.6. The van der Waals surface area contributed by atoms with Crippen molar-refractivity contribution in [2.75, 3.05) is 25.0 Å². The fourth-order valence-corrected chi connectivity index (χ4v) is 3.33. The molecule has 24 heavy (non-hydrogen) atoms. The summed E-state index contributed by atoms with van der Waals surface area (Å²) < 4.78 is 5.14. The van der Waals surface area contributed by atoms with Crippen LogP contribution in [0.3, 0.4) is 0 Å². The van der Waals surface area contributed by atoms with E-state index >= 15 is 0 Å². The Labute approximate surface area is 144 Å². The number of esters is 1. The number of likely N-dealkylation sites (tertiary alicyclic amines) is 1. The molecule has 0 radical (unpaired) electrons. The van der Waals surface area contributed by atoms with E-state index in [2.05, 4.69) is 11.4 Å². The Bertz CT molecular complexity index is 600. The molecule has 132 valence electrons. The smallest absolute Gasteiger partial charge is 0.314 e. The second-order valence-electron chi connectivity index (χ2n) is 6.73. The van der Waals surface area contributed by atoms with E-state index in [1.165, 1.54) is 5.56 Å². The van der Waals surface area contributed by atoms with Crippen LogP contribution >= 0.6 is 0 Å². The molecule has 0 bridgehead atoms. The van der Waals surface area contributed by atoms with Gasteiger partial charge in [-0.25, -0.2) is 0 Å². The lowest BCUT2D eigenvalue weighted by molar-refractivity contribution is -0.921. The van der Waals surface area contributed by atoms with Crippen LogP contribution in [0.5, 0.6) is 0 Å². The zero-order valence-electron chi connectivity index (χ0n) is 15.1. The third-order valence-corrected chi connectivity index (χ3v) is 4.82. The number of carbonyl (C=O) groups is 2. The van der Waals surface area contributed by atoms with Gasteiger partial charge in [-0.3, -0.25) is 9.59 Å². The molecule has 1 saturated heterocycles. The largest absolute Gasteiger partial charge is 0.466 e. The summed E-state index contributed by atoms with van der Waals surface area (Å²) in [7, 11) is 0. The number of piperidine rings is 1. The Hall–Kier alpha value is -1.88. The normalized spacial score (nSPS) is 21.8. The number of hydrogen-bond donors (Lipinski definition) is 2. The van der Waals surface area contributed by atoms with Gasteiger partial charge in [0, 0.05) is 5.69 Å². The second kappa shape index (κ2) is 8.29. The maximum Gasteiger partial charge on any atom is 0.314 e. The van der Waals surface area contributed by atoms with Crippen molar-refractivity contribution < 1.29 is 19.2 Å². The first-order chi connectivity index (χ1) is 11.4. The number of rotatable bonds is 5. The van der Waals surface area contributed by atoms with Crippen LogP contribution in [-0.2, 0) is 14.3 Å². The molecule has 0 aliphatic carbocycles. The van der Waals surface area contributed by atoms with Crippen LogP contribution in [0.15, 0.2) is 18.2 Å². The van der Waals surface area contributed by atoms with Gasteiger partial charge in [-0.2, -0.15) is 0 Å². The molecule has 2 rings (SSSR count). The molecule has 1 aliphatic rings. The highest BCUT2D eigenvalue weighted by Crippen LogP contribution is 2.16. The van der Waals surface area contributed by atoms with Crippen molar-refractivity contribution in [3.05, 3.63) is 29.3 Å². The number of hydrogen-bond acceptors (Lipinski definition) is 3. The predicted molar refractivity (Wildman–Crippen MR) is 94.1 cm³/mol. The van der Waals surface area contributed by atoms with Gasteiger partial charge in [-0.05, 0) is 52.2 Å². The zero-order chi connectivity index (χ0) is 17.7. The minimum absolute atomic E-state index is 0.00135. The Balaban J connectivity index is 1.98. The van der Waals surface area contributed by atoms with Crippen molar-refractivity contribution in [2.24, 2.45) is 5.92 Å². The summed E-state index contributed by atoms with van der Waals surface area (Å²) >= 11 is 0. The van der Waals surface area contributed by atoms with Crippen molar-refractivity contribution in [1.82, 2.24) is 0 Å². The van der Waals surface area contributed by atoms with Crippen LogP contribution in [0.25, 0.3) is 0 Å². The third-order valence-electron chi connectivity index (χ3n) is 4.82. The summed E-state index contributed by atoms with van der Waals surface area (Å²) in [6.45, 7) is 9.78. The minimum Gasteiger partial charge on any atom is -0.466 e. The Morgan fingerprint density at radius 1 is 1.38 bits per heavy atom. The van der Waals surface area contributed by atoms with E-state index in [9.17, 15) is 9.59 Å². The fourth-order valence-electron chi connectivity index (χ4n) is 3.33. The Morgan fingerprint density at radius 2 is 2.12 bits per heavy atom. The van der Waals surface area contributed by atoms with Crippen molar-refractivity contribution in [1.29, 1.82) is 0 Å². The fraction of sp³-hybridized carbons (Fsp3) is 0.579. The van der Waals surface area contributed by atoms with Gasteiger partial charge in [-0.1, -0.05) is 17.7 Å². The van der Waals surface area contributed by atoms with E-state index in [4.69, 9.17) is 4.74 Å². The highest BCUT2D eigenvalue weighted by molar-refractivity contribution is 5.94. The Morgan fingerprint density at radius 3 is 2.79 bits per heavy atom. The zero-order valence-corrected chi connectivity index (χ0v) is 15.1. The van der Waals surface area contributed by atoms with E-state index in [1.54, 1.807) is 0 Å². The second-order valence-corrected chi connectivity index (χ2v) is 6.73. The molecule has 0 saturated carbocycles. The molecule has 1 unspecified atom stereocenters. The highest BCUT2D eigenvalue weighted by Gasteiger charge is 2.34. The van der Waals surface area contributed by atoms with Crippen LogP contribution in [0.2, 0.25) is 0 Å². The molecule has 5 heteroatoms. The summed E-state index contributed by atoms with van der Waals surface area (Å²) in [5.41, 5.74) is 3.10. The first kappa shape index (κ1) is 18.5. The number of anilines is 1. The van der Waals surface area contributed by atoms with Crippen LogP contribution < -0.4 is 10.2 Å². The number of ether oxygens (including phenoxy) is 1. The standard InChI is InChI=1S/C19H28N2O3/c1-5-24-19(23)16-7-6-10-21(12-16)15(4)18(22)20-17-9-8-13(2)11-14(17)3/h8-9,11,15-16H,5-7,10,12H2,1-4H3,(H,20,22)/p+1/t15-,16+/m0/s1. The molecule has 0 aromatic heterocycles. The SMILES string of the molecule is CCOC(=O)[C@@H]1CCC[NH+]([C@@H](C)C(=O)Nc2ccc(C)cc2C)C1. The van der Waals surface area contributed by atoms with E-state index in [0.717, 1.165) is 35.5 Å². The van der Waals surface area contributed by atoms with Gasteiger partial charge in [0.25, 0.3) is 5.91 Å². The first-order valence-electron chi connectivity index (χ1n) is 8.81. The lowest BCUT2D eigenvalue weighted by atomic mass is 9.97. The summed E-state index contributed by atoms with van der Waals surface area (Å²) in [5.74, 6) is -0.219. The molecule has 1 fully saturated rings. The highest BCUT2D eigenvalue weighted by atomic mass is 16.5. The van der Waals surface area contributed by atoms with Crippen molar-refractivity contribution in [3.8, 4) is 0 Å². The number of benzene rings is 1. The third kappa shape index (κ3) is 4.57. The molecule has 2 N–H and O–H groups in total. The van der Waals surface area contributed by atoms with Crippen molar-refractivity contribution in [3.63, 3.8) is 0 Å². The quantitative estimate of drug-likeness (QED) is 0.803. The van der Waals surface area contributed by atoms with E-state index < -0.39 is 0 Å². The first-order valence-corrected chi connectivity index (χ1v) is 8.81. The molecule has 0 spiro atoms. The number of quaternary nitrogens is 1. The van der Waals surface area contributed by atoms with E-state index in [0.29, 0.717) is 13.2 Å². The number of aryl methyl sites for hydroxylation is 2. The Kier molecular flexibility index (Phi) is 6.37. The summed E-state index contributed by atoms with van der Waals surface area (Å²) in [4.78, 5) is 25.7. The van der Waals surface area contributed by atoms with Gasteiger partial charge in [0.2, 0.25) is 0 Å². The van der Waals surface area contributed by atoms with Gasteiger partial charge in [0.1, 0.15) is 5.92 Å². The molecule has 5 nitrogen and oxygen atoms in total. The molecule has 3 atom stereocenters. The lowest BCUT2D eigenvalue weighted by Gasteiger charge is -2.32. The molecular formula is C19H29N2O3+. The predicted octanol–water partition coefficient (Wildman–Crippen LogP) is 1.49. The lowest BCUT2D eigenvalue weighted by Crippen LogP contribution is -3.18. The van der Waals surface area contributed by atoms with E-state index in [-0.39, 0.29) is 23.8 Å². The van der Waals surface area contributed by atoms with E-state index in [1.807, 2.05) is 39.8 Å². The average Bonchev–Trinajstić information content (AvgIpc) is 2.57. The number of nitrogens with one attached hydrogen (secondary N) is 2. The van der Waals surface area contributed by atoms with Crippen LogP contribution in [0.1, 0.15) is 37.8 Å². The number of amides is 1. The van der Waals surface area contributed by atoms with Crippen molar-refractivity contribution in [2.45, 2.75) is 46.6 Å². The summed E-state index contributed by atoms with van der Waals surface area (Å²) in [5, 5.41) is 3.03. The van der Waals surface area contributed by atoms with Gasteiger partial charge < -0.3 is 15.0 Å². The summed E-state index contributed by atoms with van der Waals surface area (Å²) in [6.07, 6.45) is 1.80. The molecule has 1 aromatic carbocycles. The van der Waals surface area contributed by atoms with Gasteiger partial charge >= 0.3 is 5.97 Å². The van der Waals surface area contributed by atoms with Crippen LogP contribution in [-0.4, -0.2) is 37.6 Å². The minimum atomic E-state index is -0.192. The molecule has 1 heterocycles. The molecular weight excluding hydrogens is 304 g/mol. The number of carbonyl (C=O) groups excluding carboxylic acids is 2. The average molecular weight is 333 g/mol. The molecule has 1 aromatic rings. The molecule has 1 amide bonds. The van der Waals surface area contributed by atoms with Gasteiger partial charge in [0.05, 0.1) is 19.7 Å². The van der Waals surface area contributed by atoms with Gasteiger partial charge in [-0.15, -0.1) is 0 Å². The van der Waals surface area contributed by atoms with Crippen LogP contribution in [0.4, 0.5) is 5.69 Å². The topological polar surface area (TPSA) is 59.8 Å². The van der Waals surface area contributed by atoms with Crippen molar-refractivity contribution >= 4 is 17.6 Å². The maximum absolute atomic E-state index is 12.6. The molecule has 1 aliphatic heterocycles. The monoisotopic (exact) mass is 333 g/mol. The van der Waals surface area contributed by atoms with Crippen LogP contribution in [0, 0.1) is 19.8 Å². The van der Waals surface area contributed by atoms with Gasteiger partial charge in [0.15, 0.2) is 6.04 Å².